The number of aliphatic hydroxyl groups excluding tert-OH is 1. The van der Waals surface area contributed by atoms with Crippen LogP contribution in [0.15, 0.2) is 54.9 Å². The maximum atomic E-state index is 11.3. The molecular formula is C24H27ClN4O2. The highest BCUT2D eigenvalue weighted by molar-refractivity contribution is 6.30. The number of hydrogen-bond acceptors (Lipinski definition) is 4. The van der Waals surface area contributed by atoms with Gasteiger partial charge in [0.25, 0.3) is 0 Å². The number of aromatic nitrogens is 2. The summed E-state index contributed by atoms with van der Waals surface area (Å²) >= 11 is 6.10. The Bertz CT molecular complexity index is 1040. The van der Waals surface area contributed by atoms with Gasteiger partial charge in [0.15, 0.2) is 5.69 Å². The van der Waals surface area contributed by atoms with Crippen LogP contribution in [0.1, 0.15) is 45.1 Å². The van der Waals surface area contributed by atoms with Gasteiger partial charge in [-0.05, 0) is 50.2 Å². The number of aromatic amines is 1. The molecule has 31 heavy (non-hydrogen) atoms. The molecule has 0 bridgehead atoms. The lowest BCUT2D eigenvalue weighted by atomic mass is 9.85. The Morgan fingerprint density at radius 3 is 2.55 bits per heavy atom. The summed E-state index contributed by atoms with van der Waals surface area (Å²) in [6.45, 7) is 15.6. The number of aliphatic hydroxyl groups is 1. The van der Waals surface area contributed by atoms with Crippen LogP contribution in [-0.4, -0.2) is 26.8 Å². The molecule has 3 aromatic rings. The fourth-order valence-corrected chi connectivity index (χ4v) is 3.82. The van der Waals surface area contributed by atoms with E-state index in [4.69, 9.17) is 22.9 Å². The van der Waals surface area contributed by atoms with Gasteiger partial charge in [-0.25, -0.2) is 9.83 Å². The molecule has 4 rings (SSSR count). The third-order valence-electron chi connectivity index (χ3n) is 5.19. The monoisotopic (exact) mass is 438 g/mol. The number of imidazole rings is 1. The average Bonchev–Trinajstić information content (AvgIpc) is 3.28. The summed E-state index contributed by atoms with van der Waals surface area (Å²) in [4.78, 5) is 13.1. The van der Waals surface area contributed by atoms with E-state index in [1.807, 2.05) is 52.0 Å². The Morgan fingerprint density at radius 1 is 1.23 bits per heavy atom. The highest BCUT2D eigenvalue weighted by Crippen LogP contribution is 2.46. The Balaban J connectivity index is 0.00000132. The standard InChI is InChI=1S/C22H21ClN4O2.C2H6/c1-22(2)21(28)20(17-12-15(24-3)6-9-18(17)29-22)27(13-19-25-10-11-26-19)16-7-4-14(23)5-8-16;1-2/h4-12,20-21,28H,13H2,1-2H3,(H,25,26);1-2H3/t20?,21-;/m1./s1. The Morgan fingerprint density at radius 2 is 1.94 bits per heavy atom. The lowest BCUT2D eigenvalue weighted by molar-refractivity contribution is -0.0590. The molecule has 1 aliphatic heterocycles. The van der Waals surface area contributed by atoms with E-state index in [2.05, 4.69) is 19.7 Å². The van der Waals surface area contributed by atoms with Crippen molar-refractivity contribution in [3.8, 4) is 5.75 Å². The molecule has 0 spiro atoms. The van der Waals surface area contributed by atoms with Crippen molar-refractivity contribution >= 4 is 23.0 Å². The summed E-state index contributed by atoms with van der Waals surface area (Å²) in [5, 5.41) is 12.0. The van der Waals surface area contributed by atoms with Crippen LogP contribution in [0.5, 0.6) is 5.75 Å². The van der Waals surface area contributed by atoms with Gasteiger partial charge in [-0.3, -0.25) is 0 Å². The van der Waals surface area contributed by atoms with Crippen molar-refractivity contribution in [2.75, 3.05) is 4.90 Å². The minimum Gasteiger partial charge on any atom is -0.485 e. The lowest BCUT2D eigenvalue weighted by Crippen LogP contribution is -2.53. The molecule has 162 valence electrons. The number of benzene rings is 2. The predicted octanol–water partition coefficient (Wildman–Crippen LogP) is 5.92. The predicted molar refractivity (Wildman–Crippen MR) is 124 cm³/mol. The highest BCUT2D eigenvalue weighted by Gasteiger charge is 2.45. The van der Waals surface area contributed by atoms with Crippen molar-refractivity contribution in [1.82, 2.24) is 9.97 Å². The molecular weight excluding hydrogens is 412 g/mol. The first-order chi connectivity index (χ1) is 14.9. The first-order valence-electron chi connectivity index (χ1n) is 10.3. The van der Waals surface area contributed by atoms with Crippen molar-refractivity contribution < 1.29 is 9.84 Å². The van der Waals surface area contributed by atoms with Crippen molar-refractivity contribution in [2.45, 2.75) is 52.0 Å². The number of nitrogens with one attached hydrogen (secondary N) is 1. The first kappa shape index (κ1) is 22.7. The van der Waals surface area contributed by atoms with Crippen LogP contribution in [0, 0.1) is 6.57 Å². The molecule has 0 saturated carbocycles. The zero-order valence-corrected chi connectivity index (χ0v) is 18.9. The van der Waals surface area contributed by atoms with E-state index in [1.165, 1.54) is 0 Å². The zero-order valence-electron chi connectivity index (χ0n) is 18.1. The Hall–Kier alpha value is -3.01. The van der Waals surface area contributed by atoms with Crippen molar-refractivity contribution in [3.05, 3.63) is 82.7 Å². The van der Waals surface area contributed by atoms with Gasteiger partial charge >= 0.3 is 0 Å². The zero-order chi connectivity index (χ0) is 22.6. The molecule has 0 saturated heterocycles. The van der Waals surface area contributed by atoms with Crippen molar-refractivity contribution in [3.63, 3.8) is 0 Å². The number of nitrogens with zero attached hydrogens (tertiary/aromatic N) is 3. The van der Waals surface area contributed by atoms with Gasteiger partial charge in [-0.15, -0.1) is 0 Å². The van der Waals surface area contributed by atoms with E-state index in [-0.39, 0.29) is 0 Å². The fraction of sp³-hybridized carbons (Fsp3) is 0.333. The second kappa shape index (κ2) is 9.42. The summed E-state index contributed by atoms with van der Waals surface area (Å²) in [6.07, 6.45) is 2.62. The number of ether oxygens (including phenoxy) is 1. The molecule has 0 fully saturated rings. The van der Waals surface area contributed by atoms with Crippen molar-refractivity contribution in [2.24, 2.45) is 0 Å². The maximum Gasteiger partial charge on any atom is 0.187 e. The minimum atomic E-state index is -0.846. The molecule has 0 amide bonds. The highest BCUT2D eigenvalue weighted by atomic mass is 35.5. The van der Waals surface area contributed by atoms with E-state index in [0.717, 1.165) is 17.1 Å². The van der Waals surface area contributed by atoms with Crippen LogP contribution in [0.4, 0.5) is 11.4 Å². The fourth-order valence-electron chi connectivity index (χ4n) is 3.69. The van der Waals surface area contributed by atoms with Crippen LogP contribution < -0.4 is 9.64 Å². The topological polar surface area (TPSA) is 65.7 Å². The number of H-pyrrole nitrogens is 1. The molecule has 2 N–H and O–H groups in total. The van der Waals surface area contributed by atoms with Gasteiger partial charge in [0.05, 0.1) is 19.2 Å². The van der Waals surface area contributed by atoms with E-state index in [1.54, 1.807) is 30.6 Å². The minimum absolute atomic E-state index is 0.439. The molecule has 2 heterocycles. The number of anilines is 1. The van der Waals surface area contributed by atoms with Gasteiger partial charge in [-0.2, -0.15) is 0 Å². The number of hydrogen-bond donors (Lipinski definition) is 2. The van der Waals surface area contributed by atoms with Crippen LogP contribution in [0.2, 0.25) is 5.02 Å². The van der Waals surface area contributed by atoms with Crippen LogP contribution in [0.25, 0.3) is 4.85 Å². The summed E-state index contributed by atoms with van der Waals surface area (Å²) < 4.78 is 6.08. The van der Waals surface area contributed by atoms with E-state index >= 15 is 0 Å². The number of rotatable bonds is 4. The van der Waals surface area contributed by atoms with E-state index in [9.17, 15) is 5.11 Å². The van der Waals surface area contributed by atoms with Gasteiger partial charge in [-0.1, -0.05) is 31.5 Å². The average molecular weight is 439 g/mol. The molecule has 2 aromatic carbocycles. The van der Waals surface area contributed by atoms with Gasteiger partial charge in [0.2, 0.25) is 0 Å². The lowest BCUT2D eigenvalue weighted by Gasteiger charge is -2.47. The van der Waals surface area contributed by atoms with Crippen LogP contribution in [-0.2, 0) is 6.54 Å². The molecule has 7 heteroatoms. The second-order valence-electron chi connectivity index (χ2n) is 7.57. The third-order valence-corrected chi connectivity index (χ3v) is 5.45. The number of halogens is 1. The molecule has 6 nitrogen and oxygen atoms in total. The summed E-state index contributed by atoms with van der Waals surface area (Å²) in [7, 11) is 0. The van der Waals surface area contributed by atoms with Crippen LogP contribution >= 0.6 is 11.6 Å². The van der Waals surface area contributed by atoms with Crippen molar-refractivity contribution in [1.29, 1.82) is 0 Å². The maximum absolute atomic E-state index is 11.3. The largest absolute Gasteiger partial charge is 0.485 e. The summed E-state index contributed by atoms with van der Waals surface area (Å²) in [6, 6.07) is 12.3. The molecule has 0 aliphatic carbocycles. The molecule has 2 atom stereocenters. The Kier molecular flexibility index (Phi) is 6.89. The smallest absolute Gasteiger partial charge is 0.187 e. The normalized spacial score (nSPS) is 18.6. The number of fused-ring (bicyclic) bond motifs is 1. The van der Waals surface area contributed by atoms with Gasteiger partial charge in [0.1, 0.15) is 23.3 Å². The quantitative estimate of drug-likeness (QED) is 0.496. The van der Waals surface area contributed by atoms with Crippen LogP contribution in [0.3, 0.4) is 0 Å². The molecule has 1 aliphatic rings. The van der Waals surface area contributed by atoms with E-state index < -0.39 is 17.7 Å². The summed E-state index contributed by atoms with van der Waals surface area (Å²) in [5.74, 6) is 1.43. The molecule has 0 radical (unpaired) electrons. The molecule has 1 aromatic heterocycles. The van der Waals surface area contributed by atoms with Gasteiger partial charge in [0, 0.05) is 28.7 Å². The molecule has 1 unspecified atom stereocenters. The second-order valence-corrected chi connectivity index (χ2v) is 8.01. The van der Waals surface area contributed by atoms with E-state index in [0.29, 0.717) is 23.0 Å². The Labute approximate surface area is 188 Å². The summed E-state index contributed by atoms with van der Waals surface area (Å²) in [5.41, 5.74) is 1.34. The third kappa shape index (κ3) is 4.68. The first-order valence-corrected chi connectivity index (χ1v) is 10.7. The van der Waals surface area contributed by atoms with Gasteiger partial charge < -0.3 is 19.7 Å². The SMILES string of the molecule is CC.[C-]#[N+]c1ccc2c(c1)C(N(Cc1ncc[nH]1)c1ccc(Cl)cc1)[C@@H](O)C(C)(C)O2.